The van der Waals surface area contributed by atoms with Crippen molar-refractivity contribution in [2.45, 2.75) is 98.3 Å². The Morgan fingerprint density at radius 3 is 2.54 bits per heavy atom. The van der Waals surface area contributed by atoms with Gasteiger partial charge in [0.2, 0.25) is 0 Å². The smallest absolute Gasteiger partial charge is 0.0513 e. The summed E-state index contributed by atoms with van der Waals surface area (Å²) in [6.45, 7) is 13.1. The van der Waals surface area contributed by atoms with E-state index in [1.165, 1.54) is 76.3 Å². The minimum atomic E-state index is 0.531. The Balaban J connectivity index is 1.45. The average molecular weight is 387 g/mol. The third-order valence-corrected chi connectivity index (χ3v) is 10.2. The fraction of sp³-hybridized carbons (Fsp3) is 0.962. The van der Waals surface area contributed by atoms with Crippen molar-refractivity contribution in [2.24, 2.45) is 45.4 Å². The molecule has 0 aromatic heterocycles. The van der Waals surface area contributed by atoms with Crippen molar-refractivity contribution >= 4 is 5.71 Å². The van der Waals surface area contributed by atoms with Gasteiger partial charge in [0.1, 0.15) is 0 Å². The molecule has 0 bridgehead atoms. The number of rotatable bonds is 6. The molecule has 0 amide bonds. The van der Waals surface area contributed by atoms with E-state index in [0.717, 1.165) is 49.2 Å². The van der Waals surface area contributed by atoms with Crippen molar-refractivity contribution in [3.05, 3.63) is 0 Å². The predicted octanol–water partition coefficient (Wildman–Crippen LogP) is 6.50. The highest BCUT2D eigenvalue weighted by atomic mass is 14.9. The summed E-state index contributed by atoms with van der Waals surface area (Å²) in [5, 5.41) is 3.51. The Bertz CT molecular complexity index is 569. The summed E-state index contributed by atoms with van der Waals surface area (Å²) in [6.07, 6.45) is 16.2. The number of hydrogen-bond acceptors (Lipinski definition) is 2. The molecule has 4 fully saturated rings. The van der Waals surface area contributed by atoms with Crippen LogP contribution in [0.15, 0.2) is 4.99 Å². The Morgan fingerprint density at radius 1 is 0.893 bits per heavy atom. The van der Waals surface area contributed by atoms with Gasteiger partial charge in [-0.05, 0) is 106 Å². The first-order valence-corrected chi connectivity index (χ1v) is 12.7. The summed E-state index contributed by atoms with van der Waals surface area (Å²) in [5.74, 6) is 4.81. The molecule has 7 atom stereocenters. The van der Waals surface area contributed by atoms with Crippen LogP contribution in [0.5, 0.6) is 0 Å². The number of nitrogens with zero attached hydrogens (tertiary/aromatic N) is 1. The molecule has 0 spiro atoms. The Morgan fingerprint density at radius 2 is 1.71 bits per heavy atom. The number of fused-ring (bicyclic) bond motifs is 5. The van der Waals surface area contributed by atoms with Crippen LogP contribution in [-0.4, -0.2) is 25.3 Å². The predicted molar refractivity (Wildman–Crippen MR) is 121 cm³/mol. The van der Waals surface area contributed by atoms with Gasteiger partial charge in [-0.15, -0.1) is 0 Å². The summed E-state index contributed by atoms with van der Waals surface area (Å²) in [5.41, 5.74) is 2.68. The minimum Gasteiger partial charge on any atom is -0.315 e. The van der Waals surface area contributed by atoms with Gasteiger partial charge >= 0.3 is 0 Å². The topological polar surface area (TPSA) is 24.4 Å². The second-order valence-electron chi connectivity index (χ2n) is 11.4. The third-order valence-electron chi connectivity index (χ3n) is 10.2. The van der Waals surface area contributed by atoms with Crippen LogP contribution in [-0.2, 0) is 0 Å². The van der Waals surface area contributed by atoms with Gasteiger partial charge in [-0.1, -0.05) is 33.6 Å². The van der Waals surface area contributed by atoms with Crippen LogP contribution in [0.2, 0.25) is 0 Å². The molecule has 2 nitrogen and oxygen atoms in total. The molecule has 4 aliphatic rings. The molecule has 0 saturated heterocycles. The van der Waals surface area contributed by atoms with Crippen molar-refractivity contribution in [1.82, 2.24) is 5.32 Å². The maximum absolute atomic E-state index is 5.05. The first kappa shape index (κ1) is 20.9. The van der Waals surface area contributed by atoms with Crippen LogP contribution in [0.25, 0.3) is 0 Å². The molecular weight excluding hydrogens is 340 g/mol. The van der Waals surface area contributed by atoms with E-state index >= 15 is 0 Å². The van der Waals surface area contributed by atoms with Crippen LogP contribution in [0.1, 0.15) is 98.3 Å². The largest absolute Gasteiger partial charge is 0.315 e. The lowest BCUT2D eigenvalue weighted by atomic mass is 9.45. The lowest BCUT2D eigenvalue weighted by molar-refractivity contribution is -0.106. The average Bonchev–Trinajstić information content (AvgIpc) is 3.04. The lowest BCUT2D eigenvalue weighted by Gasteiger charge is -2.60. The van der Waals surface area contributed by atoms with Crippen molar-refractivity contribution in [3.63, 3.8) is 0 Å². The van der Waals surface area contributed by atoms with Gasteiger partial charge in [0.15, 0.2) is 0 Å². The van der Waals surface area contributed by atoms with E-state index in [2.05, 4.69) is 33.0 Å². The molecule has 0 aliphatic heterocycles. The molecule has 0 heterocycles. The zero-order valence-electron chi connectivity index (χ0n) is 19.2. The van der Waals surface area contributed by atoms with E-state index in [1.807, 2.05) is 0 Å². The number of aliphatic imine (C=N–C) groups is 1. The van der Waals surface area contributed by atoms with Gasteiger partial charge < -0.3 is 5.32 Å². The summed E-state index contributed by atoms with van der Waals surface area (Å²) in [6, 6.07) is 0. The Hall–Kier alpha value is -0.370. The fourth-order valence-corrected chi connectivity index (χ4v) is 8.70. The number of nitrogens with one attached hydrogen (secondary N) is 1. The lowest BCUT2D eigenvalue weighted by Crippen LogP contribution is -2.53. The summed E-state index contributed by atoms with van der Waals surface area (Å²) >= 11 is 0. The highest BCUT2D eigenvalue weighted by Crippen LogP contribution is 2.67. The molecule has 7 unspecified atom stereocenters. The van der Waals surface area contributed by atoms with Crippen molar-refractivity contribution in [2.75, 3.05) is 19.6 Å². The summed E-state index contributed by atoms with van der Waals surface area (Å²) in [4.78, 5) is 5.05. The standard InChI is InChI=1S/C26H46N2/c1-5-16-27-17-18-28-19(2)22-11-12-23-21-10-9-20-8-6-7-14-25(20,3)24(21)13-15-26(22,23)4/h20-24,27H,5-18H2,1-4H3. The van der Waals surface area contributed by atoms with E-state index < -0.39 is 0 Å². The normalized spacial score (nSPS) is 46.0. The molecule has 4 rings (SSSR count). The van der Waals surface area contributed by atoms with Crippen LogP contribution < -0.4 is 5.32 Å². The second kappa shape index (κ2) is 8.40. The van der Waals surface area contributed by atoms with Crippen LogP contribution in [0.3, 0.4) is 0 Å². The van der Waals surface area contributed by atoms with Crippen molar-refractivity contribution in [1.29, 1.82) is 0 Å². The first-order valence-electron chi connectivity index (χ1n) is 12.7. The summed E-state index contributed by atoms with van der Waals surface area (Å²) < 4.78 is 0. The van der Waals surface area contributed by atoms with Gasteiger partial charge in [-0.2, -0.15) is 0 Å². The van der Waals surface area contributed by atoms with E-state index in [4.69, 9.17) is 4.99 Å². The van der Waals surface area contributed by atoms with Gasteiger partial charge in [0.05, 0.1) is 6.54 Å². The van der Waals surface area contributed by atoms with E-state index in [-0.39, 0.29) is 0 Å². The molecule has 1 N–H and O–H groups in total. The Labute approximate surface area is 174 Å². The second-order valence-corrected chi connectivity index (χ2v) is 11.4. The molecule has 0 aromatic carbocycles. The first-order chi connectivity index (χ1) is 13.5. The van der Waals surface area contributed by atoms with Crippen LogP contribution >= 0.6 is 0 Å². The van der Waals surface area contributed by atoms with Crippen molar-refractivity contribution < 1.29 is 0 Å². The van der Waals surface area contributed by atoms with Gasteiger partial charge in [0, 0.05) is 18.2 Å². The maximum atomic E-state index is 5.05. The Kier molecular flexibility index (Phi) is 6.27. The monoisotopic (exact) mass is 386 g/mol. The van der Waals surface area contributed by atoms with Crippen molar-refractivity contribution in [3.8, 4) is 0 Å². The van der Waals surface area contributed by atoms with Gasteiger partial charge in [-0.25, -0.2) is 0 Å². The minimum absolute atomic E-state index is 0.531. The molecule has 0 radical (unpaired) electrons. The summed E-state index contributed by atoms with van der Waals surface area (Å²) in [7, 11) is 0. The molecular formula is C26H46N2. The molecule has 28 heavy (non-hydrogen) atoms. The third kappa shape index (κ3) is 3.50. The molecule has 0 aromatic rings. The van der Waals surface area contributed by atoms with E-state index in [9.17, 15) is 0 Å². The molecule has 2 heteroatoms. The van der Waals surface area contributed by atoms with Crippen LogP contribution in [0.4, 0.5) is 0 Å². The van der Waals surface area contributed by atoms with Crippen LogP contribution in [0, 0.1) is 40.4 Å². The van der Waals surface area contributed by atoms with E-state index in [1.54, 1.807) is 0 Å². The molecule has 160 valence electrons. The quantitative estimate of drug-likeness (QED) is 0.409. The highest BCUT2D eigenvalue weighted by Gasteiger charge is 2.59. The highest BCUT2D eigenvalue weighted by molar-refractivity contribution is 5.85. The fourth-order valence-electron chi connectivity index (χ4n) is 8.70. The molecule has 4 aliphatic carbocycles. The number of hydrogen-bond donors (Lipinski definition) is 1. The zero-order chi connectivity index (χ0) is 19.8. The maximum Gasteiger partial charge on any atom is 0.0513 e. The zero-order valence-corrected chi connectivity index (χ0v) is 19.2. The molecule has 4 saturated carbocycles. The van der Waals surface area contributed by atoms with Gasteiger partial charge in [0.25, 0.3) is 0 Å². The van der Waals surface area contributed by atoms with Gasteiger partial charge in [-0.3, -0.25) is 4.99 Å². The van der Waals surface area contributed by atoms with E-state index in [0.29, 0.717) is 10.8 Å². The SMILES string of the molecule is CCCNCCN=C(C)C1CCC2C3CCC4CCCCC4(C)C3CCC12C.